The summed E-state index contributed by atoms with van der Waals surface area (Å²) < 4.78 is 0. The summed E-state index contributed by atoms with van der Waals surface area (Å²) in [6.45, 7) is 5.79. The summed E-state index contributed by atoms with van der Waals surface area (Å²) in [7, 11) is 0. The molecule has 0 unspecified atom stereocenters. The van der Waals surface area contributed by atoms with Gasteiger partial charge in [0.05, 0.1) is 5.60 Å². The first-order valence-corrected chi connectivity index (χ1v) is 6.08. The Kier molecular flexibility index (Phi) is 3.31. The van der Waals surface area contributed by atoms with Crippen molar-refractivity contribution in [3.05, 3.63) is 34.9 Å². The fourth-order valence-electron chi connectivity index (χ4n) is 2.32. The predicted molar refractivity (Wildman–Crippen MR) is 66.5 cm³/mol. The fourth-order valence-corrected chi connectivity index (χ4v) is 2.32. The highest BCUT2D eigenvalue weighted by atomic mass is 16.3. The van der Waals surface area contributed by atoms with E-state index in [0.717, 1.165) is 19.5 Å². The number of rotatable bonds is 2. The summed E-state index contributed by atoms with van der Waals surface area (Å²) in [5.41, 5.74) is 3.48. The molecular formula is C14H21NO. The Morgan fingerprint density at radius 1 is 1.31 bits per heavy atom. The van der Waals surface area contributed by atoms with Crippen molar-refractivity contribution in [3.8, 4) is 0 Å². The molecule has 0 spiro atoms. The van der Waals surface area contributed by atoms with Gasteiger partial charge in [0.2, 0.25) is 0 Å². The second-order valence-corrected chi connectivity index (χ2v) is 5.37. The first-order chi connectivity index (χ1) is 7.54. The highest BCUT2D eigenvalue weighted by Crippen LogP contribution is 2.19. The summed E-state index contributed by atoms with van der Waals surface area (Å²) in [4.78, 5) is 0. The molecule has 1 aliphatic rings. The molecular weight excluding hydrogens is 198 g/mol. The Hall–Kier alpha value is -0.860. The Labute approximate surface area is 97.7 Å². The third-order valence-corrected chi connectivity index (χ3v) is 3.02. The zero-order valence-electron chi connectivity index (χ0n) is 10.2. The number of fused-ring (bicyclic) bond motifs is 1. The number of hydrogen-bond acceptors (Lipinski definition) is 2. The lowest BCUT2D eigenvalue weighted by molar-refractivity contribution is 0.0810. The molecule has 2 nitrogen and oxygen atoms in total. The molecule has 2 rings (SSSR count). The van der Waals surface area contributed by atoms with E-state index >= 15 is 0 Å². The molecule has 88 valence electrons. The second-order valence-electron chi connectivity index (χ2n) is 5.37. The standard InChI is InChI=1S/C14H21NO/c1-14(2,16)9-11-5-6-12-4-3-7-15-10-13(12)8-11/h5-6,8,15-16H,3-4,7,9-10H2,1-2H3. The van der Waals surface area contributed by atoms with E-state index in [1.807, 2.05) is 13.8 Å². The molecule has 0 aliphatic carbocycles. The van der Waals surface area contributed by atoms with Crippen LogP contribution in [0.2, 0.25) is 0 Å². The van der Waals surface area contributed by atoms with E-state index in [4.69, 9.17) is 0 Å². The topological polar surface area (TPSA) is 32.3 Å². The average Bonchev–Trinajstić information content (AvgIpc) is 2.39. The average molecular weight is 219 g/mol. The lowest BCUT2D eigenvalue weighted by Gasteiger charge is -2.18. The first-order valence-electron chi connectivity index (χ1n) is 6.08. The zero-order chi connectivity index (χ0) is 11.6. The number of hydrogen-bond donors (Lipinski definition) is 2. The van der Waals surface area contributed by atoms with E-state index in [-0.39, 0.29) is 0 Å². The fraction of sp³-hybridized carbons (Fsp3) is 0.571. The van der Waals surface area contributed by atoms with Crippen LogP contribution >= 0.6 is 0 Å². The molecule has 0 atom stereocenters. The summed E-state index contributed by atoms with van der Waals surface area (Å²) >= 11 is 0. The maximum Gasteiger partial charge on any atom is 0.0631 e. The van der Waals surface area contributed by atoms with Gasteiger partial charge in [-0.15, -0.1) is 0 Å². The van der Waals surface area contributed by atoms with E-state index in [1.165, 1.54) is 29.5 Å². The largest absolute Gasteiger partial charge is 0.390 e. The van der Waals surface area contributed by atoms with Crippen LogP contribution in [0.4, 0.5) is 0 Å². The van der Waals surface area contributed by atoms with Gasteiger partial charge in [0, 0.05) is 13.0 Å². The van der Waals surface area contributed by atoms with E-state index < -0.39 is 5.60 Å². The molecule has 2 heteroatoms. The summed E-state index contributed by atoms with van der Waals surface area (Å²) in [5, 5.41) is 13.2. The molecule has 0 saturated heterocycles. The number of aryl methyl sites for hydroxylation is 1. The summed E-state index contributed by atoms with van der Waals surface area (Å²) in [6.07, 6.45) is 3.11. The minimum Gasteiger partial charge on any atom is -0.390 e. The Balaban J connectivity index is 2.21. The Bertz CT molecular complexity index is 365. The molecule has 1 aromatic carbocycles. The van der Waals surface area contributed by atoms with Crippen LogP contribution in [-0.4, -0.2) is 17.3 Å². The maximum atomic E-state index is 9.82. The Morgan fingerprint density at radius 3 is 2.88 bits per heavy atom. The van der Waals surface area contributed by atoms with Gasteiger partial charge in [-0.05, 0) is 49.9 Å². The molecule has 1 aromatic rings. The van der Waals surface area contributed by atoms with Crippen molar-refractivity contribution in [1.29, 1.82) is 0 Å². The van der Waals surface area contributed by atoms with Gasteiger partial charge in [-0.25, -0.2) is 0 Å². The highest BCUT2D eigenvalue weighted by molar-refractivity contribution is 5.33. The molecule has 16 heavy (non-hydrogen) atoms. The first kappa shape index (κ1) is 11.6. The molecule has 0 amide bonds. The van der Waals surface area contributed by atoms with Gasteiger partial charge in [-0.1, -0.05) is 18.2 Å². The number of aliphatic hydroxyl groups is 1. The van der Waals surface area contributed by atoms with Crippen molar-refractivity contribution >= 4 is 0 Å². The van der Waals surface area contributed by atoms with Gasteiger partial charge in [0.25, 0.3) is 0 Å². The van der Waals surface area contributed by atoms with Crippen molar-refractivity contribution in [1.82, 2.24) is 5.32 Å². The van der Waals surface area contributed by atoms with Crippen LogP contribution in [0, 0.1) is 0 Å². The lowest BCUT2D eigenvalue weighted by Crippen LogP contribution is -2.22. The van der Waals surface area contributed by atoms with Crippen LogP contribution in [0.3, 0.4) is 0 Å². The molecule has 1 heterocycles. The summed E-state index contributed by atoms with van der Waals surface area (Å²) in [5.74, 6) is 0. The second kappa shape index (κ2) is 4.56. The molecule has 0 bridgehead atoms. The molecule has 1 aliphatic heterocycles. The number of benzene rings is 1. The SMILES string of the molecule is CC(C)(O)Cc1ccc2c(c1)CNCCC2. The molecule has 2 N–H and O–H groups in total. The minimum absolute atomic E-state index is 0.619. The van der Waals surface area contributed by atoms with Crippen molar-refractivity contribution in [2.75, 3.05) is 6.54 Å². The van der Waals surface area contributed by atoms with Crippen LogP contribution in [0.25, 0.3) is 0 Å². The molecule has 0 aromatic heterocycles. The van der Waals surface area contributed by atoms with Crippen LogP contribution < -0.4 is 5.32 Å². The van der Waals surface area contributed by atoms with Crippen LogP contribution in [0.15, 0.2) is 18.2 Å². The van der Waals surface area contributed by atoms with E-state index in [1.54, 1.807) is 0 Å². The lowest BCUT2D eigenvalue weighted by atomic mass is 9.94. The van der Waals surface area contributed by atoms with Crippen LogP contribution in [0.1, 0.15) is 37.0 Å². The zero-order valence-corrected chi connectivity index (χ0v) is 10.2. The maximum absolute atomic E-state index is 9.82. The Morgan fingerprint density at radius 2 is 2.12 bits per heavy atom. The monoisotopic (exact) mass is 219 g/mol. The van der Waals surface area contributed by atoms with Gasteiger partial charge in [0.15, 0.2) is 0 Å². The van der Waals surface area contributed by atoms with Gasteiger partial charge in [-0.3, -0.25) is 0 Å². The van der Waals surface area contributed by atoms with Gasteiger partial charge < -0.3 is 10.4 Å². The van der Waals surface area contributed by atoms with Crippen molar-refractivity contribution in [2.45, 2.75) is 45.3 Å². The van der Waals surface area contributed by atoms with E-state index in [9.17, 15) is 5.11 Å². The highest BCUT2D eigenvalue weighted by Gasteiger charge is 2.15. The van der Waals surface area contributed by atoms with Gasteiger partial charge in [0.1, 0.15) is 0 Å². The predicted octanol–water partition coefficient (Wildman–Crippen LogP) is 2.04. The quantitative estimate of drug-likeness (QED) is 0.797. The minimum atomic E-state index is -0.619. The van der Waals surface area contributed by atoms with Crippen molar-refractivity contribution in [2.24, 2.45) is 0 Å². The van der Waals surface area contributed by atoms with Crippen LogP contribution in [-0.2, 0) is 19.4 Å². The number of nitrogens with one attached hydrogen (secondary N) is 1. The van der Waals surface area contributed by atoms with Crippen LogP contribution in [0.5, 0.6) is 0 Å². The third-order valence-electron chi connectivity index (χ3n) is 3.02. The summed E-state index contributed by atoms with van der Waals surface area (Å²) in [6, 6.07) is 6.62. The van der Waals surface area contributed by atoms with E-state index in [0.29, 0.717) is 0 Å². The van der Waals surface area contributed by atoms with Crippen molar-refractivity contribution in [3.63, 3.8) is 0 Å². The normalized spacial score (nSPS) is 16.7. The van der Waals surface area contributed by atoms with Gasteiger partial charge in [-0.2, -0.15) is 0 Å². The van der Waals surface area contributed by atoms with E-state index in [2.05, 4.69) is 23.5 Å². The molecule has 0 saturated carbocycles. The molecule has 0 radical (unpaired) electrons. The van der Waals surface area contributed by atoms with Gasteiger partial charge >= 0.3 is 0 Å². The molecule has 0 fully saturated rings. The third kappa shape index (κ3) is 3.06. The smallest absolute Gasteiger partial charge is 0.0631 e. The van der Waals surface area contributed by atoms with Crippen molar-refractivity contribution < 1.29 is 5.11 Å².